The van der Waals surface area contributed by atoms with Gasteiger partial charge in [-0.3, -0.25) is 0 Å². The van der Waals surface area contributed by atoms with Crippen LogP contribution in [0.15, 0.2) is 0 Å². The molecule has 0 aliphatic carbocycles. The normalized spacial score (nSPS) is 6.12. The van der Waals surface area contributed by atoms with Crippen LogP contribution in [-0.4, -0.2) is 43.7 Å². The van der Waals surface area contributed by atoms with Gasteiger partial charge in [0.05, 0.1) is 0 Å². The molecule has 40 valence electrons. The van der Waals surface area contributed by atoms with E-state index in [0.29, 0.717) is 6.42 Å². The van der Waals surface area contributed by atoms with E-state index in [1.165, 1.54) is 0 Å². The smallest absolute Gasteiger partial charge is 1.00 e. The Balaban J connectivity index is -0.0000000208. The van der Waals surface area contributed by atoms with Crippen LogP contribution >= 0.6 is 0 Å². The van der Waals surface area contributed by atoms with E-state index >= 15 is 0 Å². The number of carboxylic acids is 1. The van der Waals surface area contributed by atoms with Crippen LogP contribution in [0.3, 0.4) is 0 Å². The van der Waals surface area contributed by atoms with E-state index in [0.717, 1.165) is 0 Å². The standard InChI is InChI=1S/C4H8O2.Ca.Na.2H/c1-2-3-4(5)6;;;;/h2-3H2,1H3,(H,5,6);;;;/q;+2;+1;2*-1/p-1. The first-order valence-electron chi connectivity index (χ1n) is 1.97. The molecule has 0 atom stereocenters. The van der Waals surface area contributed by atoms with Gasteiger partial charge in [-0.05, 0) is 6.42 Å². The summed E-state index contributed by atoms with van der Waals surface area (Å²) in [4.78, 5) is 9.49. The first kappa shape index (κ1) is 16.4. The minimum atomic E-state index is -0.961. The number of hydrogen-bond acceptors (Lipinski definition) is 2. The first-order valence-corrected chi connectivity index (χ1v) is 1.97. The van der Waals surface area contributed by atoms with E-state index < -0.39 is 5.97 Å². The van der Waals surface area contributed by atoms with Crippen LogP contribution in [-0.2, 0) is 4.79 Å². The van der Waals surface area contributed by atoms with Crippen LogP contribution in [0.5, 0.6) is 0 Å². The van der Waals surface area contributed by atoms with Crippen LogP contribution in [0.4, 0.5) is 0 Å². The van der Waals surface area contributed by atoms with Crippen molar-refractivity contribution in [2.75, 3.05) is 0 Å². The Hall–Kier alpha value is 1.73. The minimum absolute atomic E-state index is 0. The van der Waals surface area contributed by atoms with E-state index in [4.69, 9.17) is 0 Å². The summed E-state index contributed by atoms with van der Waals surface area (Å²) in [7, 11) is 0. The van der Waals surface area contributed by atoms with Gasteiger partial charge in [0, 0.05) is 5.97 Å². The van der Waals surface area contributed by atoms with Crippen molar-refractivity contribution < 1.29 is 42.3 Å². The fourth-order valence-electron chi connectivity index (χ4n) is 0.204. The molecule has 0 bridgehead atoms. The zero-order chi connectivity index (χ0) is 4.99. The second-order valence-electron chi connectivity index (χ2n) is 1.12. The molecule has 0 rings (SSSR count). The molecule has 0 N–H and O–H groups in total. The molecule has 0 aliphatic rings. The molecule has 0 saturated carbocycles. The third-order valence-corrected chi connectivity index (χ3v) is 0.454. The van der Waals surface area contributed by atoms with Crippen molar-refractivity contribution in [3.05, 3.63) is 0 Å². The Bertz CT molecular complexity index is 65.2. The topological polar surface area (TPSA) is 40.1 Å². The first-order chi connectivity index (χ1) is 2.77. The maximum absolute atomic E-state index is 9.49. The Morgan fingerprint density at radius 1 is 1.75 bits per heavy atom. The van der Waals surface area contributed by atoms with Gasteiger partial charge < -0.3 is 12.8 Å². The molecule has 0 spiro atoms. The third-order valence-electron chi connectivity index (χ3n) is 0.454. The number of aliphatic carboxylic acids is 1. The second-order valence-corrected chi connectivity index (χ2v) is 1.12. The summed E-state index contributed by atoms with van der Waals surface area (Å²) in [5, 5.41) is 9.49. The molecule has 0 heterocycles. The van der Waals surface area contributed by atoms with Crippen molar-refractivity contribution in [2.24, 2.45) is 0 Å². The molecule has 0 aliphatic heterocycles. The molecule has 8 heavy (non-hydrogen) atoms. The van der Waals surface area contributed by atoms with E-state index in [1.54, 1.807) is 6.92 Å². The molecule has 0 aromatic carbocycles. The van der Waals surface area contributed by atoms with Crippen molar-refractivity contribution >= 4 is 43.7 Å². The molecule has 2 nitrogen and oxygen atoms in total. The molecule has 0 aromatic rings. The van der Waals surface area contributed by atoms with Gasteiger partial charge in [-0.1, -0.05) is 13.3 Å². The molecule has 0 unspecified atom stereocenters. The number of carbonyl (C=O) groups excluding carboxylic acids is 1. The average molecular weight is 152 g/mol. The molecule has 4 heteroatoms. The molecule has 0 amide bonds. The molecular weight excluding hydrogens is 143 g/mol. The van der Waals surface area contributed by atoms with Gasteiger partial charge in [-0.25, -0.2) is 0 Å². The third kappa shape index (κ3) is 15.6. The van der Waals surface area contributed by atoms with Gasteiger partial charge in [-0.2, -0.15) is 0 Å². The average Bonchev–Trinajstić information content (AvgIpc) is 1.35. The zero-order valence-corrected chi connectivity index (χ0v) is 9.65. The molecule has 0 aromatic heterocycles. The van der Waals surface area contributed by atoms with E-state index in [9.17, 15) is 9.90 Å². The summed E-state index contributed by atoms with van der Waals surface area (Å²) in [5.41, 5.74) is 0. The summed E-state index contributed by atoms with van der Waals surface area (Å²) in [6.07, 6.45) is 0.850. The quantitative estimate of drug-likeness (QED) is 0.383. The summed E-state index contributed by atoms with van der Waals surface area (Å²) in [5.74, 6) is -0.961. The monoisotopic (exact) mass is 152 g/mol. The molecule has 0 fully saturated rings. The maximum atomic E-state index is 9.49. The number of hydrogen-bond donors (Lipinski definition) is 0. The summed E-state index contributed by atoms with van der Waals surface area (Å²) < 4.78 is 0. The van der Waals surface area contributed by atoms with E-state index in [1.807, 2.05) is 0 Å². The zero-order valence-electron chi connectivity index (χ0n) is 7.44. The van der Waals surface area contributed by atoms with Crippen molar-refractivity contribution in [1.82, 2.24) is 0 Å². The van der Waals surface area contributed by atoms with Gasteiger partial charge in [-0.15, -0.1) is 0 Å². The van der Waals surface area contributed by atoms with Gasteiger partial charge >= 0.3 is 67.3 Å². The number of carboxylic acid groups (broad SMARTS) is 1. The van der Waals surface area contributed by atoms with Crippen LogP contribution in [0.25, 0.3) is 0 Å². The van der Waals surface area contributed by atoms with Crippen LogP contribution in [0.2, 0.25) is 0 Å². The Kier molecular flexibility index (Phi) is 23.6. The van der Waals surface area contributed by atoms with Crippen LogP contribution in [0, 0.1) is 0 Å². The molecule has 0 saturated heterocycles. The summed E-state index contributed by atoms with van der Waals surface area (Å²) in [6, 6.07) is 0. The van der Waals surface area contributed by atoms with Crippen molar-refractivity contribution in [2.45, 2.75) is 19.8 Å². The fourth-order valence-corrected chi connectivity index (χ4v) is 0.204. The Morgan fingerprint density at radius 2 is 2.12 bits per heavy atom. The van der Waals surface area contributed by atoms with Gasteiger partial charge in [0.2, 0.25) is 0 Å². The van der Waals surface area contributed by atoms with Crippen molar-refractivity contribution in [3.63, 3.8) is 0 Å². The summed E-state index contributed by atoms with van der Waals surface area (Å²) >= 11 is 0. The predicted molar refractivity (Wildman–Crippen MR) is 27.9 cm³/mol. The van der Waals surface area contributed by atoms with Crippen molar-refractivity contribution in [3.8, 4) is 0 Å². The fraction of sp³-hybridized carbons (Fsp3) is 0.750. The second kappa shape index (κ2) is 11.5. The minimum Gasteiger partial charge on any atom is -1.00 e. The number of carbonyl (C=O) groups is 1. The molecular formula is C4H9CaNaO2. The largest absolute Gasteiger partial charge is 2.00 e. The van der Waals surface area contributed by atoms with Crippen LogP contribution < -0.4 is 34.7 Å². The van der Waals surface area contributed by atoms with Crippen molar-refractivity contribution in [1.29, 1.82) is 0 Å². The van der Waals surface area contributed by atoms with Gasteiger partial charge in [0.15, 0.2) is 0 Å². The predicted octanol–water partition coefficient (Wildman–Crippen LogP) is -3.62. The maximum Gasteiger partial charge on any atom is 2.00 e. The van der Waals surface area contributed by atoms with Gasteiger partial charge in [0.25, 0.3) is 0 Å². The van der Waals surface area contributed by atoms with E-state index in [2.05, 4.69) is 0 Å². The van der Waals surface area contributed by atoms with Crippen LogP contribution in [0.1, 0.15) is 22.6 Å². The van der Waals surface area contributed by atoms with E-state index in [-0.39, 0.29) is 76.6 Å². The SMILES string of the molecule is CCCC(=O)[O-].[Ca+2].[H-].[H-].[Na+]. The summed E-state index contributed by atoms with van der Waals surface area (Å²) in [6.45, 7) is 1.80. The van der Waals surface area contributed by atoms with Gasteiger partial charge in [0.1, 0.15) is 0 Å². The Labute approximate surface area is 104 Å². The Morgan fingerprint density at radius 3 is 2.12 bits per heavy atom. The number of rotatable bonds is 2. The molecule has 0 radical (unpaired) electrons.